The lowest BCUT2D eigenvalue weighted by atomic mass is 10.1. The smallest absolute Gasteiger partial charge is 0.143 e. The fourth-order valence-corrected chi connectivity index (χ4v) is 4.04. The highest BCUT2D eigenvalue weighted by Gasteiger charge is 2.20. The molecule has 120 valence electrons. The maximum atomic E-state index is 10.3. The molecule has 0 radical (unpaired) electrons. The molecule has 1 N–H and O–H groups in total. The molecule has 5 aromatic rings. The summed E-state index contributed by atoms with van der Waals surface area (Å²) in [6.07, 6.45) is 1.98. The Bertz CT molecular complexity index is 1190. The Kier molecular flexibility index (Phi) is 3.08. The van der Waals surface area contributed by atoms with Gasteiger partial charge in [-0.1, -0.05) is 30.3 Å². The van der Waals surface area contributed by atoms with Crippen molar-refractivity contribution < 1.29 is 5.11 Å². The van der Waals surface area contributed by atoms with Crippen LogP contribution >= 0.6 is 11.3 Å². The van der Waals surface area contributed by atoms with Crippen LogP contribution < -0.4 is 0 Å². The van der Waals surface area contributed by atoms with E-state index in [2.05, 4.69) is 6.07 Å². The molecule has 0 aliphatic rings. The summed E-state index contributed by atoms with van der Waals surface area (Å²) in [7, 11) is 0. The van der Waals surface area contributed by atoms with Crippen molar-refractivity contribution in [3.63, 3.8) is 0 Å². The Balaban J connectivity index is 1.87. The maximum Gasteiger partial charge on any atom is 0.143 e. The van der Waals surface area contributed by atoms with Gasteiger partial charge in [-0.15, -0.1) is 11.3 Å². The normalized spacial score (nSPS) is 11.4. The molecule has 0 bridgehead atoms. The standard InChI is InChI=1S/C20H13N3OS/c24-15-9-3-1-7-13(15)18-19(23-12-6-5-11-17(23)22-18)20-21-14-8-2-4-10-16(14)25-20/h1-12,24H. The van der Waals surface area contributed by atoms with Gasteiger partial charge in [0.2, 0.25) is 0 Å². The maximum absolute atomic E-state index is 10.3. The van der Waals surface area contributed by atoms with Crippen LogP contribution in [-0.4, -0.2) is 19.5 Å². The molecule has 4 nitrogen and oxygen atoms in total. The lowest BCUT2D eigenvalue weighted by Gasteiger charge is -2.04. The lowest BCUT2D eigenvalue weighted by Crippen LogP contribution is -1.88. The first-order valence-corrected chi connectivity index (χ1v) is 8.74. The van der Waals surface area contributed by atoms with Crippen molar-refractivity contribution >= 4 is 27.2 Å². The zero-order valence-corrected chi connectivity index (χ0v) is 13.9. The molecule has 0 spiro atoms. The zero-order valence-electron chi connectivity index (χ0n) is 13.1. The summed E-state index contributed by atoms with van der Waals surface area (Å²) in [4.78, 5) is 9.56. The number of hydrogen-bond acceptors (Lipinski definition) is 4. The minimum absolute atomic E-state index is 0.216. The number of phenolic OH excluding ortho intramolecular Hbond substituents is 1. The van der Waals surface area contributed by atoms with Gasteiger partial charge in [0.25, 0.3) is 0 Å². The Hall–Kier alpha value is -3.18. The van der Waals surface area contributed by atoms with Crippen molar-refractivity contribution in [1.82, 2.24) is 14.4 Å². The molecule has 0 unspecified atom stereocenters. The second kappa shape index (κ2) is 5.43. The van der Waals surface area contributed by atoms with Crippen LogP contribution in [0.15, 0.2) is 72.9 Å². The van der Waals surface area contributed by atoms with Gasteiger partial charge < -0.3 is 5.11 Å². The van der Waals surface area contributed by atoms with E-state index in [1.54, 1.807) is 17.4 Å². The molecule has 0 saturated carbocycles. The summed E-state index contributed by atoms with van der Waals surface area (Å²) in [6, 6.07) is 21.3. The number of fused-ring (bicyclic) bond motifs is 2. The molecule has 0 atom stereocenters. The van der Waals surface area contributed by atoms with Crippen LogP contribution in [0, 0.1) is 0 Å². The third-order valence-electron chi connectivity index (χ3n) is 4.19. The molecule has 25 heavy (non-hydrogen) atoms. The fourth-order valence-electron chi connectivity index (χ4n) is 3.04. The number of thiazole rings is 1. The number of pyridine rings is 1. The first-order valence-electron chi connectivity index (χ1n) is 7.93. The Morgan fingerprint density at radius 2 is 1.64 bits per heavy atom. The largest absolute Gasteiger partial charge is 0.507 e. The van der Waals surface area contributed by atoms with Gasteiger partial charge in [0.1, 0.15) is 27.8 Å². The SMILES string of the molecule is Oc1ccccc1-c1nc2ccccn2c1-c1nc2ccccc2s1. The third-order valence-corrected chi connectivity index (χ3v) is 5.23. The summed E-state index contributed by atoms with van der Waals surface area (Å²) in [5.74, 6) is 0.216. The Morgan fingerprint density at radius 1 is 0.840 bits per heavy atom. The molecule has 2 aromatic carbocycles. The van der Waals surface area contributed by atoms with Crippen LogP contribution in [0.3, 0.4) is 0 Å². The molecule has 0 saturated heterocycles. The number of nitrogens with zero attached hydrogens (tertiary/aromatic N) is 3. The number of benzene rings is 2. The van der Waals surface area contributed by atoms with Crippen LogP contribution in [0.1, 0.15) is 0 Å². The molecule has 0 fully saturated rings. The number of para-hydroxylation sites is 2. The minimum atomic E-state index is 0.216. The van der Waals surface area contributed by atoms with Gasteiger partial charge in [-0.25, -0.2) is 9.97 Å². The summed E-state index contributed by atoms with van der Waals surface area (Å²) in [5.41, 5.74) is 4.15. The van der Waals surface area contributed by atoms with Crippen LogP contribution in [0.2, 0.25) is 0 Å². The van der Waals surface area contributed by atoms with Crippen molar-refractivity contribution in [2.75, 3.05) is 0 Å². The van der Waals surface area contributed by atoms with E-state index in [4.69, 9.17) is 9.97 Å². The molecular weight excluding hydrogens is 330 g/mol. The van der Waals surface area contributed by atoms with Crippen molar-refractivity contribution in [2.24, 2.45) is 0 Å². The summed E-state index contributed by atoms with van der Waals surface area (Å²) < 4.78 is 3.16. The van der Waals surface area contributed by atoms with Gasteiger partial charge in [0, 0.05) is 11.8 Å². The molecule has 5 rings (SSSR count). The fraction of sp³-hybridized carbons (Fsp3) is 0. The quantitative estimate of drug-likeness (QED) is 0.491. The summed E-state index contributed by atoms with van der Waals surface area (Å²) in [6.45, 7) is 0. The highest BCUT2D eigenvalue weighted by molar-refractivity contribution is 7.21. The van der Waals surface area contributed by atoms with E-state index in [1.165, 1.54) is 0 Å². The van der Waals surface area contributed by atoms with E-state index in [9.17, 15) is 5.11 Å². The number of imidazole rings is 1. The average molecular weight is 343 g/mol. The molecule has 5 heteroatoms. The average Bonchev–Trinajstić information content (AvgIpc) is 3.22. The van der Waals surface area contributed by atoms with E-state index >= 15 is 0 Å². The molecule has 3 aromatic heterocycles. The van der Waals surface area contributed by atoms with E-state index in [-0.39, 0.29) is 5.75 Å². The first kappa shape index (κ1) is 14.2. The highest BCUT2D eigenvalue weighted by atomic mass is 32.1. The zero-order chi connectivity index (χ0) is 16.8. The minimum Gasteiger partial charge on any atom is -0.507 e. The van der Waals surface area contributed by atoms with Crippen LogP contribution in [-0.2, 0) is 0 Å². The predicted molar refractivity (Wildman–Crippen MR) is 101 cm³/mol. The molecular formula is C20H13N3OS. The topological polar surface area (TPSA) is 50.4 Å². The number of rotatable bonds is 2. The second-order valence-electron chi connectivity index (χ2n) is 5.74. The van der Waals surface area contributed by atoms with Crippen molar-refractivity contribution in [1.29, 1.82) is 0 Å². The van der Waals surface area contributed by atoms with Crippen molar-refractivity contribution in [3.8, 4) is 27.7 Å². The highest BCUT2D eigenvalue weighted by Crippen LogP contribution is 2.39. The molecule has 3 heterocycles. The van der Waals surface area contributed by atoms with Crippen LogP contribution in [0.25, 0.3) is 37.8 Å². The number of phenols is 1. The predicted octanol–water partition coefficient (Wildman–Crippen LogP) is 4.98. The van der Waals surface area contributed by atoms with Gasteiger partial charge >= 0.3 is 0 Å². The van der Waals surface area contributed by atoms with Gasteiger partial charge in [-0.2, -0.15) is 0 Å². The summed E-state index contributed by atoms with van der Waals surface area (Å²) in [5, 5.41) is 11.2. The van der Waals surface area contributed by atoms with Gasteiger partial charge in [0.15, 0.2) is 0 Å². The number of aromatic hydroxyl groups is 1. The first-order chi connectivity index (χ1) is 12.3. The van der Waals surface area contributed by atoms with Gasteiger partial charge in [0.05, 0.1) is 10.2 Å². The Labute approximate surface area is 147 Å². The van der Waals surface area contributed by atoms with Gasteiger partial charge in [-0.05, 0) is 36.4 Å². The summed E-state index contributed by atoms with van der Waals surface area (Å²) >= 11 is 1.63. The molecule has 0 aliphatic heterocycles. The van der Waals surface area contributed by atoms with Crippen molar-refractivity contribution in [2.45, 2.75) is 0 Å². The third kappa shape index (κ3) is 2.21. The second-order valence-corrected chi connectivity index (χ2v) is 6.77. The monoisotopic (exact) mass is 343 g/mol. The van der Waals surface area contributed by atoms with E-state index in [0.717, 1.165) is 32.3 Å². The van der Waals surface area contributed by atoms with Crippen molar-refractivity contribution in [3.05, 3.63) is 72.9 Å². The van der Waals surface area contributed by atoms with Gasteiger partial charge in [-0.3, -0.25) is 4.40 Å². The number of aromatic nitrogens is 3. The molecule has 0 aliphatic carbocycles. The van der Waals surface area contributed by atoms with Crippen LogP contribution in [0.4, 0.5) is 0 Å². The number of hydrogen-bond donors (Lipinski definition) is 1. The molecule has 0 amide bonds. The van der Waals surface area contributed by atoms with E-state index in [1.807, 2.05) is 65.2 Å². The lowest BCUT2D eigenvalue weighted by molar-refractivity contribution is 0.477. The van der Waals surface area contributed by atoms with E-state index in [0.29, 0.717) is 5.56 Å². The van der Waals surface area contributed by atoms with Crippen LogP contribution in [0.5, 0.6) is 5.75 Å². The van der Waals surface area contributed by atoms with E-state index < -0.39 is 0 Å². The Morgan fingerprint density at radius 3 is 2.52 bits per heavy atom.